The molecule has 1 saturated heterocycles. The van der Waals surface area contributed by atoms with Crippen molar-refractivity contribution in [3.63, 3.8) is 0 Å². The lowest BCUT2D eigenvalue weighted by Crippen LogP contribution is -2.40. The van der Waals surface area contributed by atoms with Crippen LogP contribution in [0, 0.1) is 5.92 Å². The second-order valence-corrected chi connectivity index (χ2v) is 6.85. The molecular weight excluding hydrogens is 501 g/mol. The largest absolute Gasteiger partial charge is 0.496 e. The fourth-order valence-corrected chi connectivity index (χ4v) is 3.37. The van der Waals surface area contributed by atoms with Gasteiger partial charge in [-0.2, -0.15) is 0 Å². The second kappa shape index (κ2) is 14.5. The first-order valence-electron chi connectivity index (χ1n) is 10.1. The van der Waals surface area contributed by atoms with Gasteiger partial charge in [-0.25, -0.2) is 4.99 Å². The van der Waals surface area contributed by atoms with Crippen molar-refractivity contribution < 1.29 is 23.7 Å². The number of halogens is 1. The van der Waals surface area contributed by atoms with Crippen molar-refractivity contribution in [3.05, 3.63) is 17.7 Å². The zero-order chi connectivity index (χ0) is 21.1. The van der Waals surface area contributed by atoms with Gasteiger partial charge in [-0.05, 0) is 13.3 Å². The number of nitrogens with one attached hydrogen (secondary N) is 1. The summed E-state index contributed by atoms with van der Waals surface area (Å²) in [4.78, 5) is 7.14. The van der Waals surface area contributed by atoms with Crippen LogP contribution in [0.5, 0.6) is 17.2 Å². The summed E-state index contributed by atoms with van der Waals surface area (Å²) in [5.74, 6) is 3.49. The number of nitrogens with zero attached hydrogens (tertiary/aromatic N) is 2. The zero-order valence-corrected chi connectivity index (χ0v) is 21.1. The first-order valence-corrected chi connectivity index (χ1v) is 10.1. The predicted molar refractivity (Wildman–Crippen MR) is 129 cm³/mol. The Kier molecular flexibility index (Phi) is 12.9. The molecule has 0 aliphatic carbocycles. The number of hydrogen-bond acceptors (Lipinski definition) is 6. The Balaban J connectivity index is 0.00000450. The minimum atomic E-state index is 0. The van der Waals surface area contributed by atoms with Crippen LogP contribution in [0.15, 0.2) is 17.1 Å². The van der Waals surface area contributed by atoms with E-state index in [1.807, 2.05) is 12.1 Å². The maximum atomic E-state index is 5.70. The van der Waals surface area contributed by atoms with Gasteiger partial charge >= 0.3 is 0 Å². The Morgan fingerprint density at radius 3 is 2.37 bits per heavy atom. The lowest BCUT2D eigenvalue weighted by molar-refractivity contribution is 0.0536. The highest BCUT2D eigenvalue weighted by Gasteiger charge is 2.25. The van der Waals surface area contributed by atoms with Crippen LogP contribution in [0.3, 0.4) is 0 Å². The van der Waals surface area contributed by atoms with Gasteiger partial charge in [-0.3, -0.25) is 0 Å². The molecule has 172 valence electrons. The van der Waals surface area contributed by atoms with E-state index in [1.54, 1.807) is 28.4 Å². The summed E-state index contributed by atoms with van der Waals surface area (Å²) in [6.07, 6.45) is 1.09. The second-order valence-electron chi connectivity index (χ2n) is 6.85. The molecule has 0 saturated carbocycles. The summed E-state index contributed by atoms with van der Waals surface area (Å²) in [6.45, 7) is 7.23. The van der Waals surface area contributed by atoms with Crippen LogP contribution in [-0.2, 0) is 16.0 Å². The number of methoxy groups -OCH3 is 4. The highest BCUT2D eigenvalue weighted by molar-refractivity contribution is 14.0. The van der Waals surface area contributed by atoms with Gasteiger partial charge in [0.05, 0.1) is 53.3 Å². The molecule has 0 radical (unpaired) electrons. The number of ether oxygens (including phenoxy) is 5. The normalized spacial score (nSPS) is 16.2. The van der Waals surface area contributed by atoms with Gasteiger partial charge in [0, 0.05) is 44.8 Å². The smallest absolute Gasteiger partial charge is 0.194 e. The van der Waals surface area contributed by atoms with Crippen LogP contribution in [0.25, 0.3) is 0 Å². The number of rotatable bonds is 11. The van der Waals surface area contributed by atoms with Crippen molar-refractivity contribution >= 4 is 29.9 Å². The van der Waals surface area contributed by atoms with Gasteiger partial charge in [0.25, 0.3) is 0 Å². The topological polar surface area (TPSA) is 73.8 Å². The van der Waals surface area contributed by atoms with Gasteiger partial charge in [0.15, 0.2) is 5.96 Å². The van der Waals surface area contributed by atoms with Crippen LogP contribution in [0.1, 0.15) is 18.9 Å². The minimum Gasteiger partial charge on any atom is -0.496 e. The third kappa shape index (κ3) is 7.66. The first kappa shape index (κ1) is 26.6. The average Bonchev–Trinajstić information content (AvgIpc) is 3.22. The Hall–Kier alpha value is -1.46. The van der Waals surface area contributed by atoms with E-state index in [-0.39, 0.29) is 24.0 Å². The van der Waals surface area contributed by atoms with Crippen LogP contribution in [0.4, 0.5) is 0 Å². The molecule has 1 N–H and O–H groups in total. The fraction of sp³-hybridized carbons (Fsp3) is 0.667. The van der Waals surface area contributed by atoms with E-state index in [0.29, 0.717) is 42.9 Å². The van der Waals surface area contributed by atoms with E-state index < -0.39 is 0 Å². The van der Waals surface area contributed by atoms with Crippen LogP contribution in [-0.4, -0.2) is 78.8 Å². The lowest BCUT2D eigenvalue weighted by Gasteiger charge is -2.22. The van der Waals surface area contributed by atoms with Gasteiger partial charge in [0.1, 0.15) is 17.2 Å². The Morgan fingerprint density at radius 2 is 1.80 bits per heavy atom. The third-order valence-corrected chi connectivity index (χ3v) is 4.91. The number of guanidine groups is 1. The number of hydrogen-bond donors (Lipinski definition) is 1. The van der Waals surface area contributed by atoms with Crippen LogP contribution in [0.2, 0.25) is 0 Å². The molecule has 0 aromatic heterocycles. The molecule has 1 aliphatic heterocycles. The summed E-state index contributed by atoms with van der Waals surface area (Å²) in [5, 5.41) is 3.40. The van der Waals surface area contributed by atoms with Crippen LogP contribution >= 0.6 is 24.0 Å². The molecule has 1 unspecified atom stereocenters. The van der Waals surface area contributed by atoms with Gasteiger partial charge in [0.2, 0.25) is 0 Å². The average molecular weight is 537 g/mol. The standard InChI is InChI=1S/C21H35N3O5.HI/c1-6-22-21(24-8-7-16(14-24)15-29-10-9-25-2)23-13-18-19(27-4)11-17(26-3)12-20(18)28-5;/h11-12,16H,6-10,13-15H2,1-5H3,(H,22,23);1H. The molecule has 8 nitrogen and oxygen atoms in total. The molecule has 0 spiro atoms. The highest BCUT2D eigenvalue weighted by atomic mass is 127. The Morgan fingerprint density at radius 1 is 1.10 bits per heavy atom. The van der Waals surface area contributed by atoms with Crippen molar-refractivity contribution in [2.24, 2.45) is 10.9 Å². The molecule has 1 fully saturated rings. The number of aliphatic imine (C=N–C) groups is 1. The molecule has 1 aromatic carbocycles. The molecule has 1 aliphatic rings. The maximum absolute atomic E-state index is 5.70. The quantitative estimate of drug-likeness (QED) is 0.202. The van der Waals surface area contributed by atoms with E-state index in [1.165, 1.54) is 0 Å². The summed E-state index contributed by atoms with van der Waals surface area (Å²) in [7, 11) is 6.59. The molecule has 1 aromatic rings. The van der Waals surface area contributed by atoms with Gasteiger partial charge in [-0.15, -0.1) is 24.0 Å². The Bertz CT molecular complexity index is 635. The molecule has 2 rings (SSSR count). The molecule has 0 bridgehead atoms. The molecule has 1 atom stereocenters. The molecule has 30 heavy (non-hydrogen) atoms. The number of benzene rings is 1. The number of likely N-dealkylation sites (tertiary alicyclic amines) is 1. The van der Waals surface area contributed by atoms with E-state index in [0.717, 1.165) is 44.2 Å². The van der Waals surface area contributed by atoms with Crippen molar-refractivity contribution in [1.29, 1.82) is 0 Å². The summed E-state index contributed by atoms with van der Waals surface area (Å²) in [6, 6.07) is 3.70. The van der Waals surface area contributed by atoms with E-state index in [4.69, 9.17) is 28.7 Å². The first-order chi connectivity index (χ1) is 14.2. The molecule has 0 amide bonds. The Labute approximate surface area is 197 Å². The van der Waals surface area contributed by atoms with Crippen LogP contribution < -0.4 is 19.5 Å². The third-order valence-electron chi connectivity index (χ3n) is 4.91. The molecule has 9 heteroatoms. The van der Waals surface area contributed by atoms with E-state index in [9.17, 15) is 0 Å². The fourth-order valence-electron chi connectivity index (χ4n) is 3.37. The molecular formula is C21H36IN3O5. The monoisotopic (exact) mass is 537 g/mol. The van der Waals surface area contributed by atoms with Crippen molar-refractivity contribution in [2.45, 2.75) is 19.9 Å². The lowest BCUT2D eigenvalue weighted by atomic mass is 10.1. The SMILES string of the molecule is CCNC(=NCc1c(OC)cc(OC)cc1OC)N1CCC(COCCOC)C1.I. The van der Waals surface area contributed by atoms with Crippen molar-refractivity contribution in [2.75, 3.05) is 67.9 Å². The van der Waals surface area contributed by atoms with E-state index >= 15 is 0 Å². The van der Waals surface area contributed by atoms with E-state index in [2.05, 4.69) is 17.1 Å². The van der Waals surface area contributed by atoms with Gasteiger partial charge in [-0.1, -0.05) is 0 Å². The summed E-state index contributed by atoms with van der Waals surface area (Å²) < 4.78 is 27.1. The summed E-state index contributed by atoms with van der Waals surface area (Å²) in [5.41, 5.74) is 0.893. The molecule has 1 heterocycles. The van der Waals surface area contributed by atoms with Crippen molar-refractivity contribution in [1.82, 2.24) is 10.2 Å². The van der Waals surface area contributed by atoms with Crippen molar-refractivity contribution in [3.8, 4) is 17.2 Å². The zero-order valence-electron chi connectivity index (χ0n) is 18.7. The minimum absolute atomic E-state index is 0. The highest BCUT2D eigenvalue weighted by Crippen LogP contribution is 2.34. The maximum Gasteiger partial charge on any atom is 0.194 e. The summed E-state index contributed by atoms with van der Waals surface area (Å²) >= 11 is 0. The van der Waals surface area contributed by atoms with Gasteiger partial charge < -0.3 is 33.9 Å². The predicted octanol–water partition coefficient (Wildman–Crippen LogP) is 2.78.